The van der Waals surface area contributed by atoms with E-state index in [1.807, 2.05) is 36.2 Å². The molecule has 0 spiro atoms. The first-order valence-electron chi connectivity index (χ1n) is 11.2. The van der Waals surface area contributed by atoms with Gasteiger partial charge in [-0.3, -0.25) is 14.6 Å². The molecule has 2 aromatic heterocycles. The first-order chi connectivity index (χ1) is 15.2. The normalized spacial score (nSPS) is 17.3. The van der Waals surface area contributed by atoms with Gasteiger partial charge in [0.25, 0.3) is 5.56 Å². The Bertz CT molecular complexity index is 959. The monoisotopic (exact) mass is 421 g/mol. The zero-order chi connectivity index (χ0) is 21.6. The van der Waals surface area contributed by atoms with E-state index in [0.717, 1.165) is 49.3 Å². The molecule has 4 rings (SSSR count). The molecular formula is C24H31N5O2. The van der Waals surface area contributed by atoms with Gasteiger partial charge in [-0.05, 0) is 62.4 Å². The third kappa shape index (κ3) is 5.41. The fourth-order valence-corrected chi connectivity index (χ4v) is 4.20. The fourth-order valence-electron chi connectivity index (χ4n) is 4.20. The third-order valence-electron chi connectivity index (χ3n) is 6.16. The minimum atomic E-state index is -0.0491. The van der Waals surface area contributed by atoms with E-state index < -0.39 is 0 Å². The van der Waals surface area contributed by atoms with Crippen molar-refractivity contribution in [2.75, 3.05) is 38.1 Å². The van der Waals surface area contributed by atoms with E-state index in [-0.39, 0.29) is 17.5 Å². The largest absolute Gasteiger partial charge is 0.364 e. The second kappa shape index (κ2) is 9.92. The van der Waals surface area contributed by atoms with Gasteiger partial charge >= 0.3 is 0 Å². The van der Waals surface area contributed by atoms with Crippen LogP contribution in [0.4, 0.5) is 5.69 Å². The highest BCUT2D eigenvalue weighted by molar-refractivity contribution is 5.87. The summed E-state index contributed by atoms with van der Waals surface area (Å²) in [5.74, 6) is 0.730. The molecule has 7 heteroatoms. The molecule has 7 nitrogen and oxygen atoms in total. The van der Waals surface area contributed by atoms with Crippen molar-refractivity contribution < 1.29 is 4.79 Å². The Morgan fingerprint density at radius 1 is 1.23 bits per heavy atom. The maximum atomic E-state index is 12.8. The van der Waals surface area contributed by atoms with Crippen LogP contribution in [0.1, 0.15) is 25.7 Å². The van der Waals surface area contributed by atoms with Gasteiger partial charge in [0.15, 0.2) is 0 Å². The summed E-state index contributed by atoms with van der Waals surface area (Å²) in [5, 5.41) is 3.01. The molecule has 164 valence electrons. The smallest absolute Gasteiger partial charge is 0.271 e. The second-order valence-corrected chi connectivity index (χ2v) is 8.45. The lowest BCUT2D eigenvalue weighted by Gasteiger charge is -2.39. The number of aromatic amines is 1. The average molecular weight is 422 g/mol. The van der Waals surface area contributed by atoms with Crippen LogP contribution in [-0.2, 0) is 4.79 Å². The van der Waals surface area contributed by atoms with Gasteiger partial charge in [0.2, 0.25) is 5.91 Å². The maximum absolute atomic E-state index is 12.8. The number of likely N-dealkylation sites (N-methyl/N-ethyl adjacent to an activating group) is 1. The second-order valence-electron chi connectivity index (χ2n) is 8.45. The van der Waals surface area contributed by atoms with E-state index in [4.69, 9.17) is 0 Å². The lowest BCUT2D eigenvalue weighted by Crippen LogP contribution is -2.48. The summed E-state index contributed by atoms with van der Waals surface area (Å²) in [7, 11) is 1.86. The first kappa shape index (κ1) is 21.3. The lowest BCUT2D eigenvalue weighted by molar-refractivity contribution is -0.127. The number of nitrogens with zero attached hydrogens (tertiary/aromatic N) is 3. The van der Waals surface area contributed by atoms with Crippen molar-refractivity contribution in [1.82, 2.24) is 20.2 Å². The molecule has 1 amide bonds. The van der Waals surface area contributed by atoms with Crippen LogP contribution >= 0.6 is 0 Å². The van der Waals surface area contributed by atoms with Gasteiger partial charge < -0.3 is 20.1 Å². The number of hydrogen-bond acceptors (Lipinski definition) is 5. The maximum Gasteiger partial charge on any atom is 0.271 e. The molecule has 0 atom stereocenters. The average Bonchev–Trinajstić information content (AvgIpc) is 3.63. The quantitative estimate of drug-likeness (QED) is 0.640. The minimum absolute atomic E-state index is 0.0491. The SMILES string of the molecule is CNCC=CC(=O)N1CCC(N(CC2CC2)c2cc(-c3ccncc3)c[nH]c2=O)CC1. The number of rotatable bonds is 8. The van der Waals surface area contributed by atoms with Gasteiger partial charge in [0.05, 0.1) is 0 Å². The Labute approximate surface area is 183 Å². The van der Waals surface area contributed by atoms with E-state index in [2.05, 4.69) is 20.2 Å². The molecule has 1 saturated heterocycles. The number of carbonyl (C=O) groups is 1. The number of piperidine rings is 1. The highest BCUT2D eigenvalue weighted by Crippen LogP contribution is 2.34. The Morgan fingerprint density at radius 3 is 2.65 bits per heavy atom. The van der Waals surface area contributed by atoms with Gasteiger partial charge in [0, 0.05) is 62.5 Å². The Hall–Kier alpha value is -2.93. The van der Waals surface area contributed by atoms with Crippen molar-refractivity contribution in [3.8, 4) is 11.1 Å². The highest BCUT2D eigenvalue weighted by Gasteiger charge is 2.32. The molecule has 2 aromatic rings. The van der Waals surface area contributed by atoms with E-state index in [0.29, 0.717) is 12.5 Å². The van der Waals surface area contributed by atoms with E-state index in [1.165, 1.54) is 12.8 Å². The molecule has 2 N–H and O–H groups in total. The number of likely N-dealkylation sites (tertiary alicyclic amines) is 1. The van der Waals surface area contributed by atoms with Gasteiger partial charge in [-0.25, -0.2) is 0 Å². The van der Waals surface area contributed by atoms with Gasteiger partial charge in [-0.15, -0.1) is 0 Å². The molecule has 3 heterocycles. The molecule has 1 aliphatic carbocycles. The highest BCUT2D eigenvalue weighted by atomic mass is 16.2. The number of pyridine rings is 2. The van der Waals surface area contributed by atoms with Crippen molar-refractivity contribution in [3.05, 3.63) is 59.3 Å². The molecule has 0 unspecified atom stereocenters. The summed E-state index contributed by atoms with van der Waals surface area (Å²) in [6, 6.07) is 6.18. The van der Waals surface area contributed by atoms with Crippen LogP contribution in [0.25, 0.3) is 11.1 Å². The molecule has 0 radical (unpaired) electrons. The molecule has 0 bridgehead atoms. The van der Waals surface area contributed by atoms with Crippen molar-refractivity contribution in [3.63, 3.8) is 0 Å². The number of H-pyrrole nitrogens is 1. The molecule has 2 aliphatic rings. The van der Waals surface area contributed by atoms with Crippen molar-refractivity contribution in [1.29, 1.82) is 0 Å². The van der Waals surface area contributed by atoms with E-state index >= 15 is 0 Å². The van der Waals surface area contributed by atoms with Crippen LogP contribution in [0, 0.1) is 5.92 Å². The van der Waals surface area contributed by atoms with Crippen molar-refractivity contribution in [2.24, 2.45) is 5.92 Å². The summed E-state index contributed by atoms with van der Waals surface area (Å²) in [6.07, 6.45) is 13.0. The predicted octanol–water partition coefficient (Wildman–Crippen LogP) is 2.42. The number of amides is 1. The Morgan fingerprint density at radius 2 is 1.97 bits per heavy atom. The summed E-state index contributed by atoms with van der Waals surface area (Å²) < 4.78 is 0. The van der Waals surface area contributed by atoms with Crippen LogP contribution in [0.5, 0.6) is 0 Å². The fraction of sp³-hybridized carbons (Fsp3) is 0.458. The van der Waals surface area contributed by atoms with Crippen LogP contribution < -0.4 is 15.8 Å². The molecule has 2 fully saturated rings. The van der Waals surface area contributed by atoms with Crippen LogP contribution in [0.3, 0.4) is 0 Å². The van der Waals surface area contributed by atoms with E-state index in [1.54, 1.807) is 24.7 Å². The molecule has 31 heavy (non-hydrogen) atoms. The van der Waals surface area contributed by atoms with Crippen molar-refractivity contribution >= 4 is 11.6 Å². The number of nitrogens with one attached hydrogen (secondary N) is 2. The number of hydrogen-bond donors (Lipinski definition) is 2. The summed E-state index contributed by atoms with van der Waals surface area (Å²) in [6.45, 7) is 3.03. The van der Waals surface area contributed by atoms with Gasteiger partial charge in [0.1, 0.15) is 5.69 Å². The first-order valence-corrected chi connectivity index (χ1v) is 11.2. The summed E-state index contributed by atoms with van der Waals surface area (Å²) >= 11 is 0. The lowest BCUT2D eigenvalue weighted by atomic mass is 10.0. The number of carbonyl (C=O) groups excluding carboxylic acids is 1. The Kier molecular flexibility index (Phi) is 6.82. The van der Waals surface area contributed by atoms with Gasteiger partial charge in [-0.1, -0.05) is 6.08 Å². The Balaban J connectivity index is 1.51. The van der Waals surface area contributed by atoms with Crippen LogP contribution in [0.15, 0.2) is 53.7 Å². The molecule has 0 aromatic carbocycles. The summed E-state index contributed by atoms with van der Waals surface area (Å²) in [4.78, 5) is 36.5. The van der Waals surface area contributed by atoms with E-state index in [9.17, 15) is 9.59 Å². The number of aromatic nitrogens is 2. The topological polar surface area (TPSA) is 81.3 Å². The molecule has 1 saturated carbocycles. The molecule has 1 aliphatic heterocycles. The molecular weight excluding hydrogens is 390 g/mol. The number of anilines is 1. The zero-order valence-corrected chi connectivity index (χ0v) is 18.1. The minimum Gasteiger partial charge on any atom is -0.364 e. The van der Waals surface area contributed by atoms with Crippen molar-refractivity contribution in [2.45, 2.75) is 31.7 Å². The van der Waals surface area contributed by atoms with Crippen LogP contribution in [-0.4, -0.2) is 60.0 Å². The summed E-state index contributed by atoms with van der Waals surface area (Å²) in [5.41, 5.74) is 2.71. The van der Waals surface area contributed by atoms with Gasteiger partial charge in [-0.2, -0.15) is 0 Å². The van der Waals surface area contributed by atoms with Crippen LogP contribution in [0.2, 0.25) is 0 Å². The zero-order valence-electron chi connectivity index (χ0n) is 18.1. The standard InChI is InChI=1S/C24H31N5O2/c1-25-10-2-3-23(30)28-13-8-21(9-14-28)29(17-18-4-5-18)22-15-20(16-27-24(22)31)19-6-11-26-12-7-19/h2-3,6-7,11-12,15-16,18,21,25H,4-5,8-10,13-14,17H2,1H3,(H,27,31). The third-order valence-corrected chi connectivity index (χ3v) is 6.16. The predicted molar refractivity (Wildman–Crippen MR) is 123 cm³/mol.